The van der Waals surface area contributed by atoms with Crippen LogP contribution in [-0.2, 0) is 10.1 Å². The Morgan fingerprint density at radius 1 is 0.878 bits per heavy atom. The Kier molecular flexibility index (Phi) is 5.64. The van der Waals surface area contributed by atoms with E-state index in [1.54, 1.807) is 21.3 Å². The van der Waals surface area contributed by atoms with Crippen molar-refractivity contribution in [1.29, 1.82) is 5.26 Å². The van der Waals surface area contributed by atoms with Crippen molar-refractivity contribution in [2.45, 2.75) is 50.4 Å². The average molecular weight is 536 g/mol. The van der Waals surface area contributed by atoms with E-state index < -0.39 is 16.6 Å². The maximum atomic E-state index is 10.6. The van der Waals surface area contributed by atoms with E-state index in [0.717, 1.165) is 33.1 Å². The molecule has 0 aromatic heterocycles. The van der Waals surface area contributed by atoms with Gasteiger partial charge in [0.2, 0.25) is 0 Å². The predicted molar refractivity (Wildman–Crippen MR) is 163 cm³/mol. The van der Waals surface area contributed by atoms with Gasteiger partial charge in [-0.05, 0) is 79.0 Å². The summed E-state index contributed by atoms with van der Waals surface area (Å²) in [5, 5.41) is 22.9. The molecule has 3 aliphatic rings. The maximum Gasteiger partial charge on any atom is 0.331 e. The lowest BCUT2D eigenvalue weighted by Gasteiger charge is -2.47. The first kappa shape index (κ1) is 25.8. The average Bonchev–Trinajstić information content (AvgIpc) is 3.26. The third kappa shape index (κ3) is 3.61. The summed E-state index contributed by atoms with van der Waals surface area (Å²) in [7, 11) is 1.70. The molecule has 5 heteroatoms. The van der Waals surface area contributed by atoms with Crippen LogP contribution >= 0.6 is 0 Å². The molecule has 4 aromatic carbocycles. The van der Waals surface area contributed by atoms with Crippen LogP contribution < -0.4 is 10.2 Å². The fourth-order valence-electron chi connectivity index (χ4n) is 6.72. The van der Waals surface area contributed by atoms with Gasteiger partial charge in [-0.25, -0.2) is 0 Å². The Morgan fingerprint density at radius 3 is 2.39 bits per heavy atom. The van der Waals surface area contributed by atoms with Crippen molar-refractivity contribution in [3.05, 3.63) is 119 Å². The molecule has 4 nitrogen and oxygen atoms in total. The summed E-state index contributed by atoms with van der Waals surface area (Å²) in [6, 6.07) is 27.7. The number of rotatable bonds is 4. The zero-order valence-corrected chi connectivity index (χ0v) is 23.7. The molecule has 0 saturated heterocycles. The van der Waals surface area contributed by atoms with Crippen molar-refractivity contribution < 1.29 is 14.5 Å². The minimum atomic E-state index is -1.02. The second-order valence-electron chi connectivity index (χ2n) is 12.3. The molecule has 3 atom stereocenters. The Balaban J connectivity index is 1.49. The van der Waals surface area contributed by atoms with E-state index in [2.05, 4.69) is 78.9 Å². The van der Waals surface area contributed by atoms with E-state index in [1.807, 2.05) is 38.1 Å². The molecule has 4 aromatic rings. The number of benzene rings is 4. The predicted octanol–water partition coefficient (Wildman–Crippen LogP) is 6.34. The number of hydrogen-bond donors (Lipinski definition) is 1. The van der Waals surface area contributed by atoms with Gasteiger partial charge in [0.05, 0.1) is 28.2 Å². The Hall–Kier alpha value is -4.11. The lowest BCUT2D eigenvalue weighted by molar-refractivity contribution is -0.0893. The summed E-state index contributed by atoms with van der Waals surface area (Å²) in [4.78, 5) is 0. The fourth-order valence-corrected chi connectivity index (χ4v) is 6.72. The molecular formula is C36H31BNO3. The number of aliphatic hydroxyl groups is 1. The van der Waals surface area contributed by atoms with Crippen molar-refractivity contribution in [1.82, 2.24) is 0 Å². The molecule has 1 radical (unpaired) electrons. The topological polar surface area (TPSA) is 62.5 Å². The number of fused-ring (bicyclic) bond motifs is 11. The molecule has 2 aliphatic carbocycles. The van der Waals surface area contributed by atoms with Crippen molar-refractivity contribution in [2.75, 3.05) is 0 Å². The van der Waals surface area contributed by atoms with E-state index in [9.17, 15) is 10.4 Å². The third-order valence-electron chi connectivity index (χ3n) is 9.45. The standard InChI is InChI=1S/C36H31BNO3/c1-34(2,39)35(3,4)41-37-23-17-18-29-32(20-23)40-31-16-10-9-15-28(31)36(29)27-14-8-7-13-26(27)33-25-12-6-5-11-24(25)22(21-38)19-30(33)36/h5-20,28,31,39H,1-4H3. The second-order valence-corrected chi connectivity index (χ2v) is 12.3. The highest BCUT2D eigenvalue weighted by Gasteiger charge is 2.56. The summed E-state index contributed by atoms with van der Waals surface area (Å²) in [6.07, 6.45) is 8.36. The number of nitrogens with zero attached hydrogens (tertiary/aromatic N) is 1. The number of nitriles is 1. The van der Waals surface area contributed by atoms with Gasteiger partial charge in [-0.1, -0.05) is 78.9 Å². The molecule has 3 unspecified atom stereocenters. The Labute approximate surface area is 241 Å². The van der Waals surface area contributed by atoms with E-state index in [4.69, 9.17) is 9.39 Å². The van der Waals surface area contributed by atoms with Gasteiger partial charge in [0.1, 0.15) is 11.9 Å². The molecule has 0 saturated carbocycles. The smallest absolute Gasteiger partial charge is 0.331 e. The summed E-state index contributed by atoms with van der Waals surface area (Å²) < 4.78 is 12.8. The maximum absolute atomic E-state index is 10.6. The highest BCUT2D eigenvalue weighted by atomic mass is 16.5. The number of hydrogen-bond acceptors (Lipinski definition) is 4. The molecule has 0 amide bonds. The van der Waals surface area contributed by atoms with Crippen molar-refractivity contribution >= 4 is 23.7 Å². The monoisotopic (exact) mass is 536 g/mol. The second kappa shape index (κ2) is 8.95. The summed E-state index contributed by atoms with van der Waals surface area (Å²) in [6.45, 7) is 7.25. The molecular weight excluding hydrogens is 505 g/mol. The summed E-state index contributed by atoms with van der Waals surface area (Å²) >= 11 is 0. The summed E-state index contributed by atoms with van der Waals surface area (Å²) in [5.41, 5.74) is 5.00. The van der Waals surface area contributed by atoms with Crippen LogP contribution in [0.2, 0.25) is 0 Å². The van der Waals surface area contributed by atoms with E-state index in [-0.39, 0.29) is 12.0 Å². The van der Waals surface area contributed by atoms with Crippen LogP contribution in [0.5, 0.6) is 5.75 Å². The first-order valence-corrected chi connectivity index (χ1v) is 14.1. The third-order valence-corrected chi connectivity index (χ3v) is 9.45. The zero-order valence-electron chi connectivity index (χ0n) is 23.7. The van der Waals surface area contributed by atoms with Crippen LogP contribution in [0.15, 0.2) is 97.1 Å². The molecule has 0 bridgehead atoms. The fraction of sp³-hybridized carbons (Fsp3) is 0.250. The quantitative estimate of drug-likeness (QED) is 0.309. The first-order chi connectivity index (χ1) is 19.7. The lowest BCUT2D eigenvalue weighted by Crippen LogP contribution is -2.49. The van der Waals surface area contributed by atoms with Crippen LogP contribution in [0.25, 0.3) is 21.9 Å². The van der Waals surface area contributed by atoms with Gasteiger partial charge in [0.15, 0.2) is 0 Å². The number of allylic oxidation sites excluding steroid dienone is 2. The molecule has 7 rings (SSSR count). The largest absolute Gasteiger partial charge is 0.485 e. The highest BCUT2D eigenvalue weighted by Crippen LogP contribution is 2.62. The van der Waals surface area contributed by atoms with E-state index in [0.29, 0.717) is 5.56 Å². The van der Waals surface area contributed by atoms with Gasteiger partial charge in [-0.3, -0.25) is 0 Å². The SMILES string of the molecule is CC(C)(O)C(C)(C)O[B]c1ccc2c(c1)OC1C=CC=CC1C21c2ccccc2-c2c1cc(C#N)c1ccccc21. The summed E-state index contributed by atoms with van der Waals surface area (Å²) in [5.74, 6) is 0.786. The Morgan fingerprint density at radius 2 is 1.61 bits per heavy atom. The van der Waals surface area contributed by atoms with Gasteiger partial charge in [-0.15, -0.1) is 0 Å². The van der Waals surface area contributed by atoms with Gasteiger partial charge in [0.25, 0.3) is 0 Å². The highest BCUT2D eigenvalue weighted by molar-refractivity contribution is 6.47. The molecule has 201 valence electrons. The van der Waals surface area contributed by atoms with Gasteiger partial charge >= 0.3 is 7.48 Å². The van der Waals surface area contributed by atoms with E-state index in [1.165, 1.54) is 16.7 Å². The molecule has 1 heterocycles. The first-order valence-electron chi connectivity index (χ1n) is 14.1. The van der Waals surface area contributed by atoms with E-state index >= 15 is 0 Å². The number of ether oxygens (including phenoxy) is 1. The van der Waals surface area contributed by atoms with Crippen molar-refractivity contribution in [3.63, 3.8) is 0 Å². The van der Waals surface area contributed by atoms with Crippen molar-refractivity contribution in [2.24, 2.45) is 5.92 Å². The molecule has 1 N–H and O–H groups in total. The van der Waals surface area contributed by atoms with Crippen LogP contribution in [-0.4, -0.2) is 29.9 Å². The van der Waals surface area contributed by atoms with Crippen LogP contribution in [0.1, 0.15) is 49.9 Å². The van der Waals surface area contributed by atoms with Crippen molar-refractivity contribution in [3.8, 4) is 22.9 Å². The Bertz CT molecular complexity index is 1820. The van der Waals surface area contributed by atoms with Gasteiger partial charge < -0.3 is 14.5 Å². The molecule has 41 heavy (non-hydrogen) atoms. The normalized spacial score (nSPS) is 22.0. The van der Waals surface area contributed by atoms with Gasteiger partial charge in [-0.2, -0.15) is 5.26 Å². The zero-order chi connectivity index (χ0) is 28.6. The van der Waals surface area contributed by atoms with Crippen LogP contribution in [0.3, 0.4) is 0 Å². The molecule has 1 aliphatic heterocycles. The lowest BCUT2D eigenvalue weighted by atomic mass is 9.59. The van der Waals surface area contributed by atoms with Crippen LogP contribution in [0.4, 0.5) is 0 Å². The van der Waals surface area contributed by atoms with Gasteiger partial charge in [0, 0.05) is 16.9 Å². The van der Waals surface area contributed by atoms with Crippen LogP contribution in [0, 0.1) is 17.2 Å². The molecule has 1 spiro atoms. The minimum absolute atomic E-state index is 0.00435. The molecule has 0 fully saturated rings. The minimum Gasteiger partial charge on any atom is -0.485 e.